The summed E-state index contributed by atoms with van der Waals surface area (Å²) in [7, 11) is 0. The zero-order chi connectivity index (χ0) is 26.7. The van der Waals surface area contributed by atoms with Crippen LogP contribution in [0.2, 0.25) is 0 Å². The minimum absolute atomic E-state index is 0.188. The zero-order valence-corrected chi connectivity index (χ0v) is 21.7. The predicted molar refractivity (Wildman–Crippen MR) is 139 cm³/mol. The Morgan fingerprint density at radius 3 is 2.57 bits per heavy atom. The van der Waals surface area contributed by atoms with E-state index in [1.54, 1.807) is 64.2 Å². The largest absolute Gasteiger partial charge is 0.466 e. The fraction of sp³-hybridized carbons (Fsp3) is 0.481. The maximum absolute atomic E-state index is 13.0. The van der Waals surface area contributed by atoms with Crippen LogP contribution in [0.5, 0.6) is 0 Å². The Morgan fingerprint density at radius 1 is 1.08 bits per heavy atom. The Bertz CT molecular complexity index is 1400. The van der Waals surface area contributed by atoms with Crippen LogP contribution in [0.1, 0.15) is 45.7 Å². The summed E-state index contributed by atoms with van der Waals surface area (Å²) in [6, 6.07) is 10.5. The van der Waals surface area contributed by atoms with Crippen molar-refractivity contribution in [2.75, 3.05) is 26.2 Å². The van der Waals surface area contributed by atoms with Crippen molar-refractivity contribution in [2.45, 2.75) is 52.2 Å². The van der Waals surface area contributed by atoms with Crippen molar-refractivity contribution in [3.05, 3.63) is 69.1 Å². The lowest BCUT2D eigenvalue weighted by Crippen LogP contribution is -2.46. The van der Waals surface area contributed by atoms with Gasteiger partial charge in [0.05, 0.1) is 23.4 Å². The molecule has 1 aliphatic heterocycles. The van der Waals surface area contributed by atoms with Crippen LogP contribution in [0.25, 0.3) is 10.9 Å². The second-order valence-electron chi connectivity index (χ2n) is 10.3. The number of esters is 1. The number of piperidine rings is 1. The van der Waals surface area contributed by atoms with E-state index in [1.807, 2.05) is 6.07 Å². The smallest absolute Gasteiger partial charge is 0.418 e. The number of para-hydroxylation sites is 1. The SMILES string of the molecule is CCOC(=O)C1CN(CCn2c(=O)[nH]c3ccccc3c2=O)CCC1c1cccn1C(=O)OC(C)(C)C. The lowest BCUT2D eigenvalue weighted by atomic mass is 9.83. The van der Waals surface area contributed by atoms with Crippen LogP contribution in [0.3, 0.4) is 0 Å². The number of likely N-dealkylation sites (tertiary alicyclic amines) is 1. The molecule has 0 radical (unpaired) electrons. The number of ether oxygens (including phenoxy) is 2. The molecule has 0 spiro atoms. The minimum Gasteiger partial charge on any atom is -0.466 e. The minimum atomic E-state index is -0.652. The second kappa shape index (κ2) is 10.8. The van der Waals surface area contributed by atoms with E-state index in [4.69, 9.17) is 9.47 Å². The summed E-state index contributed by atoms with van der Waals surface area (Å²) >= 11 is 0. The molecule has 1 aliphatic rings. The van der Waals surface area contributed by atoms with Gasteiger partial charge in [-0.3, -0.25) is 18.7 Å². The molecule has 0 amide bonds. The number of nitrogens with one attached hydrogen (secondary N) is 1. The number of carbonyl (C=O) groups is 2. The van der Waals surface area contributed by atoms with Gasteiger partial charge in [0.15, 0.2) is 0 Å². The fourth-order valence-electron chi connectivity index (χ4n) is 4.88. The van der Waals surface area contributed by atoms with Gasteiger partial charge < -0.3 is 19.4 Å². The Hall–Kier alpha value is -3.66. The molecule has 2 unspecified atom stereocenters. The first-order valence-corrected chi connectivity index (χ1v) is 12.6. The Balaban J connectivity index is 1.54. The van der Waals surface area contributed by atoms with Crippen LogP contribution in [-0.2, 0) is 20.8 Å². The first-order valence-electron chi connectivity index (χ1n) is 12.6. The molecule has 0 saturated carbocycles. The lowest BCUT2D eigenvalue weighted by Gasteiger charge is -2.37. The van der Waals surface area contributed by atoms with Crippen molar-refractivity contribution in [1.29, 1.82) is 0 Å². The fourth-order valence-corrected chi connectivity index (χ4v) is 4.88. The van der Waals surface area contributed by atoms with Crippen LogP contribution in [-0.4, -0.2) is 62.9 Å². The van der Waals surface area contributed by atoms with Crippen LogP contribution >= 0.6 is 0 Å². The number of carbonyl (C=O) groups excluding carboxylic acids is 2. The molecule has 0 bridgehead atoms. The average Bonchev–Trinajstić information content (AvgIpc) is 3.33. The average molecular weight is 511 g/mol. The summed E-state index contributed by atoms with van der Waals surface area (Å²) in [6.07, 6.45) is 1.75. The molecule has 2 aromatic heterocycles. The molecular formula is C27H34N4O6. The molecule has 0 aliphatic carbocycles. The number of nitrogens with zero attached hydrogens (tertiary/aromatic N) is 3. The number of rotatable bonds is 6. The summed E-state index contributed by atoms with van der Waals surface area (Å²) in [6.45, 7) is 9.03. The van der Waals surface area contributed by atoms with Crippen molar-refractivity contribution in [3.63, 3.8) is 0 Å². The van der Waals surface area contributed by atoms with Crippen LogP contribution in [0.15, 0.2) is 52.2 Å². The first kappa shape index (κ1) is 26.4. The molecule has 1 saturated heterocycles. The first-order chi connectivity index (χ1) is 17.6. The van der Waals surface area contributed by atoms with Gasteiger partial charge in [-0.25, -0.2) is 9.59 Å². The van der Waals surface area contributed by atoms with Gasteiger partial charge >= 0.3 is 17.8 Å². The normalized spacial score (nSPS) is 18.6. The molecule has 1 fully saturated rings. The summed E-state index contributed by atoms with van der Waals surface area (Å²) in [5, 5.41) is 0.452. The summed E-state index contributed by atoms with van der Waals surface area (Å²) < 4.78 is 13.6. The highest BCUT2D eigenvalue weighted by molar-refractivity contribution is 5.77. The van der Waals surface area contributed by atoms with Gasteiger partial charge in [-0.1, -0.05) is 12.1 Å². The third-order valence-electron chi connectivity index (χ3n) is 6.57. The van der Waals surface area contributed by atoms with Gasteiger partial charge in [-0.05, 0) is 64.9 Å². The maximum Gasteiger partial charge on any atom is 0.418 e. The van der Waals surface area contributed by atoms with Gasteiger partial charge in [-0.2, -0.15) is 0 Å². The standard InChI is InChI=1S/C27H34N4O6/c1-5-36-24(33)20-17-29(15-16-31-23(32)19-9-6-7-10-21(19)28-25(31)34)14-12-18(20)22-11-8-13-30(22)26(35)37-27(2,3)4/h6-11,13,18,20H,5,12,14-17H2,1-4H3,(H,28,34). The number of H-pyrrole nitrogens is 1. The summed E-state index contributed by atoms with van der Waals surface area (Å²) in [5.74, 6) is -1.10. The van der Waals surface area contributed by atoms with E-state index < -0.39 is 23.3 Å². The molecule has 3 heterocycles. The monoisotopic (exact) mass is 510 g/mol. The molecule has 1 aromatic carbocycles. The zero-order valence-electron chi connectivity index (χ0n) is 21.7. The van der Waals surface area contributed by atoms with E-state index in [9.17, 15) is 19.2 Å². The van der Waals surface area contributed by atoms with Crippen LogP contribution in [0.4, 0.5) is 4.79 Å². The number of benzene rings is 1. The number of hydrogen-bond donors (Lipinski definition) is 1. The van der Waals surface area contributed by atoms with E-state index in [0.717, 1.165) is 0 Å². The molecule has 10 nitrogen and oxygen atoms in total. The number of hydrogen-bond acceptors (Lipinski definition) is 7. The molecule has 198 valence electrons. The Labute approximate surface area is 214 Å². The number of fused-ring (bicyclic) bond motifs is 1. The van der Waals surface area contributed by atoms with Crippen molar-refractivity contribution >= 4 is 23.0 Å². The third-order valence-corrected chi connectivity index (χ3v) is 6.57. The maximum atomic E-state index is 13.0. The molecule has 10 heteroatoms. The van der Waals surface area contributed by atoms with E-state index in [2.05, 4.69) is 9.88 Å². The van der Waals surface area contributed by atoms with E-state index >= 15 is 0 Å². The van der Waals surface area contributed by atoms with Crippen LogP contribution in [0, 0.1) is 5.92 Å². The van der Waals surface area contributed by atoms with Crippen molar-refractivity contribution in [3.8, 4) is 0 Å². The predicted octanol–water partition coefficient (Wildman–Crippen LogP) is 2.94. The van der Waals surface area contributed by atoms with Crippen molar-refractivity contribution in [1.82, 2.24) is 19.0 Å². The topological polar surface area (TPSA) is 116 Å². The highest BCUT2D eigenvalue weighted by Gasteiger charge is 2.38. The summed E-state index contributed by atoms with van der Waals surface area (Å²) in [5.41, 5.74) is -0.248. The van der Waals surface area contributed by atoms with Gasteiger partial charge in [0, 0.05) is 37.4 Å². The van der Waals surface area contributed by atoms with Gasteiger partial charge in [0.1, 0.15) is 5.60 Å². The highest BCUT2D eigenvalue weighted by Crippen LogP contribution is 2.34. The van der Waals surface area contributed by atoms with Crippen molar-refractivity contribution in [2.24, 2.45) is 5.92 Å². The Morgan fingerprint density at radius 2 is 1.84 bits per heavy atom. The molecule has 1 N–H and O–H groups in total. The molecule has 4 rings (SSSR count). The van der Waals surface area contributed by atoms with E-state index in [-0.39, 0.29) is 30.6 Å². The van der Waals surface area contributed by atoms with Crippen LogP contribution < -0.4 is 11.2 Å². The number of aromatic nitrogens is 3. The third kappa shape index (κ3) is 5.85. The van der Waals surface area contributed by atoms with Gasteiger partial charge in [0.2, 0.25) is 0 Å². The van der Waals surface area contributed by atoms with Crippen molar-refractivity contribution < 1.29 is 19.1 Å². The molecular weight excluding hydrogens is 476 g/mol. The molecule has 2 atom stereocenters. The summed E-state index contributed by atoms with van der Waals surface area (Å²) in [4.78, 5) is 56.1. The van der Waals surface area contributed by atoms with E-state index in [0.29, 0.717) is 42.7 Å². The second-order valence-corrected chi connectivity index (χ2v) is 10.3. The quantitative estimate of drug-likeness (QED) is 0.507. The van der Waals surface area contributed by atoms with Gasteiger partial charge in [0.25, 0.3) is 5.56 Å². The molecule has 3 aromatic rings. The lowest BCUT2D eigenvalue weighted by molar-refractivity contribution is -0.151. The van der Waals surface area contributed by atoms with E-state index in [1.165, 1.54) is 9.13 Å². The Kier molecular flexibility index (Phi) is 7.68. The molecule has 37 heavy (non-hydrogen) atoms. The highest BCUT2D eigenvalue weighted by atomic mass is 16.6. The number of aromatic amines is 1. The van der Waals surface area contributed by atoms with Gasteiger partial charge in [-0.15, -0.1) is 0 Å².